The standard InChI is InChI=1S/C13H17NO3S/c1-17-10-4-5-12(15)11(7-10)13(16)14-9-3-2-6-18-8-9/h4-5,7,9,15H,2-3,6,8H2,1H3,(H,14,16). The summed E-state index contributed by atoms with van der Waals surface area (Å²) in [6.45, 7) is 0. The number of hydrogen-bond donors (Lipinski definition) is 2. The zero-order chi connectivity index (χ0) is 13.0. The number of methoxy groups -OCH3 is 1. The Morgan fingerprint density at radius 2 is 2.39 bits per heavy atom. The van der Waals surface area contributed by atoms with Crippen molar-refractivity contribution in [3.63, 3.8) is 0 Å². The molecule has 1 aromatic carbocycles. The number of thioether (sulfide) groups is 1. The van der Waals surface area contributed by atoms with Crippen molar-refractivity contribution in [3.05, 3.63) is 23.8 Å². The Balaban J connectivity index is 2.07. The molecule has 1 fully saturated rings. The monoisotopic (exact) mass is 267 g/mol. The van der Waals surface area contributed by atoms with Crippen molar-refractivity contribution >= 4 is 17.7 Å². The van der Waals surface area contributed by atoms with Crippen LogP contribution in [0, 0.1) is 0 Å². The number of nitrogens with one attached hydrogen (secondary N) is 1. The second-order valence-corrected chi connectivity index (χ2v) is 5.42. The third-order valence-corrected chi connectivity index (χ3v) is 4.16. The van der Waals surface area contributed by atoms with Crippen LogP contribution in [0.4, 0.5) is 0 Å². The van der Waals surface area contributed by atoms with E-state index in [0.29, 0.717) is 5.75 Å². The molecule has 0 spiro atoms. The topological polar surface area (TPSA) is 58.6 Å². The van der Waals surface area contributed by atoms with Gasteiger partial charge in [0.15, 0.2) is 0 Å². The predicted molar refractivity (Wildman–Crippen MR) is 72.5 cm³/mol. The van der Waals surface area contributed by atoms with Crippen LogP contribution in [-0.2, 0) is 0 Å². The molecule has 18 heavy (non-hydrogen) atoms. The summed E-state index contributed by atoms with van der Waals surface area (Å²) in [6.07, 6.45) is 2.13. The smallest absolute Gasteiger partial charge is 0.255 e. The Morgan fingerprint density at radius 3 is 3.06 bits per heavy atom. The van der Waals surface area contributed by atoms with E-state index in [1.54, 1.807) is 12.1 Å². The lowest BCUT2D eigenvalue weighted by Crippen LogP contribution is -2.38. The number of benzene rings is 1. The minimum Gasteiger partial charge on any atom is -0.507 e. The Morgan fingerprint density at radius 1 is 1.56 bits per heavy atom. The summed E-state index contributed by atoms with van der Waals surface area (Å²) in [5.41, 5.74) is 0.268. The number of carbonyl (C=O) groups excluding carboxylic acids is 1. The van der Waals surface area contributed by atoms with Gasteiger partial charge in [0.2, 0.25) is 0 Å². The third kappa shape index (κ3) is 3.10. The normalized spacial score (nSPS) is 19.3. The molecule has 1 aliphatic rings. The molecular weight excluding hydrogens is 250 g/mol. The van der Waals surface area contributed by atoms with E-state index in [9.17, 15) is 9.90 Å². The minimum absolute atomic E-state index is 0.0169. The number of phenols is 1. The summed E-state index contributed by atoms with van der Waals surface area (Å²) in [5, 5.41) is 12.7. The zero-order valence-corrected chi connectivity index (χ0v) is 11.1. The number of rotatable bonds is 3. The van der Waals surface area contributed by atoms with Gasteiger partial charge in [-0.2, -0.15) is 11.8 Å². The van der Waals surface area contributed by atoms with Gasteiger partial charge in [-0.1, -0.05) is 0 Å². The highest BCUT2D eigenvalue weighted by molar-refractivity contribution is 7.99. The van der Waals surface area contributed by atoms with Gasteiger partial charge in [0.1, 0.15) is 11.5 Å². The van der Waals surface area contributed by atoms with E-state index >= 15 is 0 Å². The zero-order valence-electron chi connectivity index (χ0n) is 10.3. The van der Waals surface area contributed by atoms with Gasteiger partial charge in [0.25, 0.3) is 5.91 Å². The van der Waals surface area contributed by atoms with E-state index in [2.05, 4.69) is 5.32 Å². The number of carbonyl (C=O) groups is 1. The van der Waals surface area contributed by atoms with Crippen LogP contribution in [0.3, 0.4) is 0 Å². The molecule has 1 atom stereocenters. The average Bonchev–Trinajstić information content (AvgIpc) is 2.40. The molecule has 98 valence electrons. The first-order chi connectivity index (χ1) is 8.70. The van der Waals surface area contributed by atoms with Crippen LogP contribution in [0.5, 0.6) is 11.5 Å². The lowest BCUT2D eigenvalue weighted by molar-refractivity contribution is 0.0935. The highest BCUT2D eigenvalue weighted by Gasteiger charge is 2.19. The highest BCUT2D eigenvalue weighted by atomic mass is 32.2. The van der Waals surface area contributed by atoms with Crippen LogP contribution < -0.4 is 10.1 Å². The fourth-order valence-electron chi connectivity index (χ4n) is 1.94. The van der Waals surface area contributed by atoms with Crippen LogP contribution >= 0.6 is 11.8 Å². The maximum absolute atomic E-state index is 12.1. The molecule has 1 unspecified atom stereocenters. The quantitative estimate of drug-likeness (QED) is 0.879. The Bertz CT molecular complexity index is 430. The molecule has 1 saturated heterocycles. The van der Waals surface area contributed by atoms with E-state index in [-0.39, 0.29) is 23.3 Å². The molecule has 1 heterocycles. The van der Waals surface area contributed by atoms with Crippen LogP contribution in [-0.4, -0.2) is 35.7 Å². The van der Waals surface area contributed by atoms with Crippen molar-refractivity contribution in [3.8, 4) is 11.5 Å². The molecule has 1 aliphatic heterocycles. The summed E-state index contributed by atoms with van der Waals surface area (Å²) >= 11 is 1.85. The fraction of sp³-hybridized carbons (Fsp3) is 0.462. The Hall–Kier alpha value is -1.36. The molecule has 0 saturated carbocycles. The third-order valence-electron chi connectivity index (χ3n) is 2.94. The van der Waals surface area contributed by atoms with Crippen molar-refractivity contribution in [2.24, 2.45) is 0 Å². The molecule has 0 aliphatic carbocycles. The van der Waals surface area contributed by atoms with Gasteiger partial charge in [-0.25, -0.2) is 0 Å². The lowest BCUT2D eigenvalue weighted by Gasteiger charge is -2.22. The molecule has 1 amide bonds. The molecule has 2 N–H and O–H groups in total. The Labute approximate surface area is 111 Å². The van der Waals surface area contributed by atoms with E-state index in [1.807, 2.05) is 11.8 Å². The van der Waals surface area contributed by atoms with Gasteiger partial charge in [0, 0.05) is 11.8 Å². The molecule has 5 heteroatoms. The number of phenolic OH excluding ortho intramolecular Hbond substituents is 1. The van der Waals surface area contributed by atoms with Crippen molar-refractivity contribution < 1.29 is 14.6 Å². The van der Waals surface area contributed by atoms with Crippen molar-refractivity contribution in [2.75, 3.05) is 18.6 Å². The summed E-state index contributed by atoms with van der Waals surface area (Å²) in [7, 11) is 1.53. The second kappa shape index (κ2) is 6.00. The number of hydrogen-bond acceptors (Lipinski definition) is 4. The molecule has 0 radical (unpaired) electrons. The lowest BCUT2D eigenvalue weighted by atomic mass is 10.1. The highest BCUT2D eigenvalue weighted by Crippen LogP contribution is 2.23. The average molecular weight is 267 g/mol. The van der Waals surface area contributed by atoms with Crippen molar-refractivity contribution in [2.45, 2.75) is 18.9 Å². The molecule has 2 rings (SSSR count). The first kappa shape index (κ1) is 13.1. The summed E-state index contributed by atoms with van der Waals surface area (Å²) < 4.78 is 5.05. The van der Waals surface area contributed by atoms with Gasteiger partial charge in [-0.05, 0) is 36.8 Å². The summed E-state index contributed by atoms with van der Waals surface area (Å²) in [4.78, 5) is 12.1. The second-order valence-electron chi connectivity index (χ2n) is 4.27. The van der Waals surface area contributed by atoms with Gasteiger partial charge in [0.05, 0.1) is 12.7 Å². The van der Waals surface area contributed by atoms with Gasteiger partial charge < -0.3 is 15.2 Å². The maximum Gasteiger partial charge on any atom is 0.255 e. The van der Waals surface area contributed by atoms with Crippen molar-refractivity contribution in [1.29, 1.82) is 0 Å². The number of ether oxygens (including phenoxy) is 1. The van der Waals surface area contributed by atoms with E-state index in [4.69, 9.17) is 4.74 Å². The number of amides is 1. The van der Waals surface area contributed by atoms with E-state index < -0.39 is 0 Å². The van der Waals surface area contributed by atoms with E-state index in [0.717, 1.165) is 24.3 Å². The molecule has 0 aromatic heterocycles. The maximum atomic E-state index is 12.1. The van der Waals surface area contributed by atoms with Crippen LogP contribution in [0.1, 0.15) is 23.2 Å². The van der Waals surface area contributed by atoms with Gasteiger partial charge >= 0.3 is 0 Å². The first-order valence-electron chi connectivity index (χ1n) is 5.96. The molecule has 4 nitrogen and oxygen atoms in total. The minimum atomic E-state index is -0.237. The van der Waals surface area contributed by atoms with E-state index in [1.165, 1.54) is 13.2 Å². The fourth-order valence-corrected chi connectivity index (χ4v) is 3.01. The van der Waals surface area contributed by atoms with Crippen molar-refractivity contribution in [1.82, 2.24) is 5.32 Å². The number of aromatic hydroxyl groups is 1. The van der Waals surface area contributed by atoms with Crippen LogP contribution in [0.2, 0.25) is 0 Å². The molecular formula is C13H17NO3S. The first-order valence-corrected chi connectivity index (χ1v) is 7.12. The summed E-state index contributed by atoms with van der Waals surface area (Å²) in [6, 6.07) is 4.86. The van der Waals surface area contributed by atoms with Gasteiger partial charge in [-0.15, -0.1) is 0 Å². The Kier molecular flexibility index (Phi) is 4.36. The van der Waals surface area contributed by atoms with Crippen LogP contribution in [0.25, 0.3) is 0 Å². The SMILES string of the molecule is COc1ccc(O)c(C(=O)NC2CCCSC2)c1. The van der Waals surface area contributed by atoms with Gasteiger partial charge in [-0.3, -0.25) is 4.79 Å². The molecule has 1 aromatic rings. The van der Waals surface area contributed by atoms with Crippen LogP contribution in [0.15, 0.2) is 18.2 Å². The largest absolute Gasteiger partial charge is 0.507 e. The predicted octanol–water partition coefficient (Wildman–Crippen LogP) is 2.03. The summed E-state index contributed by atoms with van der Waals surface area (Å²) in [5.74, 6) is 2.42. The molecule has 0 bridgehead atoms.